The summed E-state index contributed by atoms with van der Waals surface area (Å²) in [5, 5.41) is 12.5. The Labute approximate surface area is 155 Å². The van der Waals surface area contributed by atoms with Crippen molar-refractivity contribution in [3.05, 3.63) is 65.2 Å². The zero-order chi connectivity index (χ0) is 18.9. The summed E-state index contributed by atoms with van der Waals surface area (Å²) in [5.41, 5.74) is 2.60. The quantitative estimate of drug-likeness (QED) is 0.681. The van der Waals surface area contributed by atoms with Crippen molar-refractivity contribution in [2.45, 2.75) is 26.4 Å². The van der Waals surface area contributed by atoms with Crippen LogP contribution >= 0.6 is 0 Å². The van der Waals surface area contributed by atoms with E-state index in [9.17, 15) is 4.79 Å². The van der Waals surface area contributed by atoms with Gasteiger partial charge >= 0.3 is 5.97 Å². The normalized spacial score (nSPS) is 12.2. The van der Waals surface area contributed by atoms with E-state index in [1.54, 1.807) is 19.2 Å². The summed E-state index contributed by atoms with van der Waals surface area (Å²) in [5.74, 6) is -0.0342. The second-order valence-electron chi connectivity index (χ2n) is 6.15. The molecule has 2 N–H and O–H groups in total. The minimum Gasteiger partial charge on any atom is -0.497 e. The number of methoxy groups -OCH3 is 1. The number of nitrogens with zero attached hydrogens (tertiary/aromatic N) is 1. The highest BCUT2D eigenvalue weighted by Gasteiger charge is 2.18. The van der Waals surface area contributed by atoms with Crippen molar-refractivity contribution in [3.63, 3.8) is 0 Å². The molecule has 5 heteroatoms. The highest BCUT2D eigenvalue weighted by atomic mass is 16.5. The van der Waals surface area contributed by atoms with Crippen molar-refractivity contribution in [2.24, 2.45) is 0 Å². The molecule has 2 aromatic carbocycles. The van der Waals surface area contributed by atoms with Crippen LogP contribution < -0.4 is 10.1 Å². The Hall–Kier alpha value is -2.37. The van der Waals surface area contributed by atoms with E-state index in [4.69, 9.17) is 9.84 Å². The van der Waals surface area contributed by atoms with Crippen LogP contribution in [-0.2, 0) is 6.54 Å². The van der Waals surface area contributed by atoms with E-state index in [-0.39, 0.29) is 6.04 Å². The van der Waals surface area contributed by atoms with Gasteiger partial charge in [0.25, 0.3) is 0 Å². The van der Waals surface area contributed by atoms with Gasteiger partial charge in [0.1, 0.15) is 5.75 Å². The van der Waals surface area contributed by atoms with Crippen LogP contribution in [0.25, 0.3) is 0 Å². The molecule has 0 aliphatic rings. The molecule has 0 fully saturated rings. The Morgan fingerprint density at radius 3 is 2.42 bits per heavy atom. The number of hydrogen-bond acceptors (Lipinski definition) is 4. The predicted octanol–water partition coefficient (Wildman–Crippen LogP) is 3.57. The Bertz CT molecular complexity index is 697. The molecule has 0 aromatic heterocycles. The number of ether oxygens (including phenoxy) is 1. The number of carbonyl (C=O) groups is 1. The molecule has 5 nitrogen and oxygen atoms in total. The summed E-state index contributed by atoms with van der Waals surface area (Å²) >= 11 is 0. The minimum atomic E-state index is -0.899. The van der Waals surface area contributed by atoms with Gasteiger partial charge in [-0.3, -0.25) is 4.90 Å². The first-order chi connectivity index (χ1) is 12.6. The summed E-state index contributed by atoms with van der Waals surface area (Å²) in [6.07, 6.45) is 0. The zero-order valence-electron chi connectivity index (χ0n) is 15.7. The highest BCUT2D eigenvalue weighted by Crippen LogP contribution is 2.24. The summed E-state index contributed by atoms with van der Waals surface area (Å²) in [6, 6.07) is 15.4. The first kappa shape index (κ1) is 19.9. The lowest BCUT2D eigenvalue weighted by atomic mass is 10.0. The van der Waals surface area contributed by atoms with Crippen LogP contribution in [0.5, 0.6) is 5.75 Å². The third-order valence-corrected chi connectivity index (χ3v) is 4.60. The number of likely N-dealkylation sites (N-methyl/N-ethyl adjacent to an activating group) is 1. The average Bonchev–Trinajstić information content (AvgIpc) is 2.68. The third kappa shape index (κ3) is 5.31. The van der Waals surface area contributed by atoms with E-state index < -0.39 is 5.97 Å². The molecule has 26 heavy (non-hydrogen) atoms. The van der Waals surface area contributed by atoms with Crippen LogP contribution in [0.2, 0.25) is 0 Å². The molecule has 1 atom stereocenters. The van der Waals surface area contributed by atoms with E-state index in [1.165, 1.54) is 5.56 Å². The van der Waals surface area contributed by atoms with Crippen LogP contribution in [-0.4, -0.2) is 42.7 Å². The van der Waals surface area contributed by atoms with Gasteiger partial charge in [-0.25, -0.2) is 4.79 Å². The fourth-order valence-electron chi connectivity index (χ4n) is 3.09. The van der Waals surface area contributed by atoms with Gasteiger partial charge in [-0.1, -0.05) is 38.1 Å². The molecule has 0 aliphatic carbocycles. The Morgan fingerprint density at radius 2 is 1.85 bits per heavy atom. The first-order valence-electron chi connectivity index (χ1n) is 9.00. The lowest BCUT2D eigenvalue weighted by Crippen LogP contribution is -2.35. The predicted molar refractivity (Wildman–Crippen MR) is 104 cm³/mol. The lowest BCUT2D eigenvalue weighted by Gasteiger charge is -2.30. The van der Waals surface area contributed by atoms with Crippen molar-refractivity contribution < 1.29 is 14.6 Å². The van der Waals surface area contributed by atoms with Gasteiger partial charge in [0.2, 0.25) is 0 Å². The van der Waals surface area contributed by atoms with Gasteiger partial charge in [-0.15, -0.1) is 0 Å². The number of benzene rings is 2. The van der Waals surface area contributed by atoms with Crippen molar-refractivity contribution in [1.29, 1.82) is 0 Å². The van der Waals surface area contributed by atoms with E-state index in [2.05, 4.69) is 36.2 Å². The molecule has 0 saturated heterocycles. The molecular formula is C21H28N2O3. The fourth-order valence-corrected chi connectivity index (χ4v) is 3.09. The maximum absolute atomic E-state index is 10.9. The van der Waals surface area contributed by atoms with Crippen LogP contribution in [0.15, 0.2) is 48.5 Å². The Morgan fingerprint density at radius 1 is 1.15 bits per heavy atom. The van der Waals surface area contributed by atoms with E-state index in [1.807, 2.05) is 24.3 Å². The molecular weight excluding hydrogens is 328 g/mol. The van der Waals surface area contributed by atoms with Gasteiger partial charge < -0.3 is 15.2 Å². The molecule has 0 amide bonds. The Balaban J connectivity index is 2.05. The van der Waals surface area contributed by atoms with Gasteiger partial charge in [0, 0.05) is 19.1 Å². The summed E-state index contributed by atoms with van der Waals surface area (Å²) < 4.78 is 5.37. The van der Waals surface area contributed by atoms with Gasteiger partial charge in [0.05, 0.1) is 12.7 Å². The number of carboxylic acids is 1. The first-order valence-corrected chi connectivity index (χ1v) is 9.00. The summed E-state index contributed by atoms with van der Waals surface area (Å²) in [4.78, 5) is 13.3. The maximum Gasteiger partial charge on any atom is 0.335 e. The summed E-state index contributed by atoms with van der Waals surface area (Å²) in [6.45, 7) is 7.76. The number of aromatic carboxylic acids is 1. The second kappa shape index (κ2) is 9.94. The van der Waals surface area contributed by atoms with E-state index in [0.717, 1.165) is 30.9 Å². The van der Waals surface area contributed by atoms with Crippen molar-refractivity contribution in [1.82, 2.24) is 10.2 Å². The molecule has 140 valence electrons. The molecule has 2 rings (SSSR count). The largest absolute Gasteiger partial charge is 0.497 e. The molecule has 2 aromatic rings. The zero-order valence-corrected chi connectivity index (χ0v) is 15.7. The molecule has 0 spiro atoms. The molecule has 0 saturated carbocycles. The number of hydrogen-bond donors (Lipinski definition) is 2. The topological polar surface area (TPSA) is 61.8 Å². The fraction of sp³-hybridized carbons (Fsp3) is 0.381. The standard InChI is InChI=1S/C21H28N2O3/c1-4-23(5-2)20(18-7-6-8-19(13-18)26-3)15-22-14-16-9-11-17(12-10-16)21(24)25/h6-13,20,22H,4-5,14-15H2,1-3H3,(H,24,25). The molecule has 0 heterocycles. The van der Waals surface area contributed by atoms with Crippen LogP contribution in [0.4, 0.5) is 0 Å². The smallest absolute Gasteiger partial charge is 0.335 e. The molecule has 1 unspecified atom stereocenters. The molecule has 0 radical (unpaired) electrons. The van der Waals surface area contributed by atoms with Crippen molar-refractivity contribution in [3.8, 4) is 5.75 Å². The number of rotatable bonds is 10. The van der Waals surface area contributed by atoms with E-state index in [0.29, 0.717) is 12.1 Å². The van der Waals surface area contributed by atoms with E-state index >= 15 is 0 Å². The van der Waals surface area contributed by atoms with Crippen LogP contribution in [0.3, 0.4) is 0 Å². The molecule has 0 aliphatic heterocycles. The van der Waals surface area contributed by atoms with Gasteiger partial charge in [0.15, 0.2) is 0 Å². The minimum absolute atomic E-state index is 0.249. The van der Waals surface area contributed by atoms with Crippen molar-refractivity contribution in [2.75, 3.05) is 26.7 Å². The number of carboxylic acid groups (broad SMARTS) is 1. The van der Waals surface area contributed by atoms with Gasteiger partial charge in [-0.2, -0.15) is 0 Å². The lowest BCUT2D eigenvalue weighted by molar-refractivity contribution is 0.0697. The second-order valence-corrected chi connectivity index (χ2v) is 6.15. The van der Waals surface area contributed by atoms with Crippen molar-refractivity contribution >= 4 is 5.97 Å². The SMILES string of the molecule is CCN(CC)C(CNCc1ccc(C(=O)O)cc1)c1cccc(OC)c1. The Kier molecular flexibility index (Phi) is 7.63. The molecule has 0 bridgehead atoms. The van der Waals surface area contributed by atoms with Gasteiger partial charge in [-0.05, 0) is 48.5 Å². The van der Waals surface area contributed by atoms with Crippen LogP contribution in [0.1, 0.15) is 41.4 Å². The maximum atomic E-state index is 10.9. The van der Waals surface area contributed by atoms with Crippen LogP contribution in [0, 0.1) is 0 Å². The monoisotopic (exact) mass is 356 g/mol. The average molecular weight is 356 g/mol. The number of nitrogens with one attached hydrogen (secondary N) is 1. The highest BCUT2D eigenvalue weighted by molar-refractivity contribution is 5.87. The summed E-state index contributed by atoms with van der Waals surface area (Å²) in [7, 11) is 1.69. The third-order valence-electron chi connectivity index (χ3n) is 4.60.